The molecule has 0 spiro atoms. The molecule has 1 aromatic carbocycles. The maximum atomic E-state index is 5.45. The third kappa shape index (κ3) is 3.50. The minimum atomic E-state index is 0.688. The van der Waals surface area contributed by atoms with E-state index in [0.29, 0.717) is 5.82 Å². The van der Waals surface area contributed by atoms with E-state index in [9.17, 15) is 0 Å². The molecule has 0 aliphatic carbocycles. The summed E-state index contributed by atoms with van der Waals surface area (Å²) in [6, 6.07) is 14.2. The number of ether oxygens (including phenoxy) is 1. The first kappa shape index (κ1) is 18.7. The van der Waals surface area contributed by atoms with Crippen LogP contribution in [0.2, 0.25) is 0 Å². The van der Waals surface area contributed by atoms with Gasteiger partial charge in [0.1, 0.15) is 0 Å². The smallest absolute Gasteiger partial charge is 0.180 e. The second-order valence-electron chi connectivity index (χ2n) is 7.67. The molecule has 6 rings (SSSR count). The summed E-state index contributed by atoms with van der Waals surface area (Å²) in [6.07, 6.45) is 9.25. The van der Waals surface area contributed by atoms with Crippen LogP contribution in [-0.2, 0) is 4.74 Å². The summed E-state index contributed by atoms with van der Waals surface area (Å²) in [5.74, 6) is 0.688. The van der Waals surface area contributed by atoms with Gasteiger partial charge in [-0.25, -0.2) is 9.97 Å². The van der Waals surface area contributed by atoms with Gasteiger partial charge in [0.25, 0.3) is 0 Å². The molecule has 8 nitrogen and oxygen atoms in total. The van der Waals surface area contributed by atoms with Crippen LogP contribution < -0.4 is 10.2 Å². The lowest BCUT2D eigenvalue weighted by Crippen LogP contribution is -2.36. The monoisotopic (exact) mass is 423 g/mol. The quantitative estimate of drug-likeness (QED) is 0.469. The van der Waals surface area contributed by atoms with E-state index in [0.717, 1.165) is 59.9 Å². The van der Waals surface area contributed by atoms with Crippen LogP contribution in [0.3, 0.4) is 0 Å². The van der Waals surface area contributed by atoms with Gasteiger partial charge in [-0.1, -0.05) is 0 Å². The number of pyridine rings is 2. The van der Waals surface area contributed by atoms with Crippen molar-refractivity contribution >= 4 is 33.9 Å². The van der Waals surface area contributed by atoms with Crippen LogP contribution in [0.4, 0.5) is 17.2 Å². The Morgan fingerprint density at radius 2 is 1.78 bits per heavy atom. The summed E-state index contributed by atoms with van der Waals surface area (Å²) in [5, 5.41) is 3.44. The number of nitrogens with zero attached hydrogens (tertiary/aromatic N) is 6. The molecule has 5 heterocycles. The lowest BCUT2D eigenvalue weighted by Gasteiger charge is -2.28. The van der Waals surface area contributed by atoms with Crippen LogP contribution in [0, 0.1) is 0 Å². The Kier molecular flexibility index (Phi) is 4.62. The summed E-state index contributed by atoms with van der Waals surface area (Å²) in [5.41, 5.74) is 6.30. The molecular formula is C24H21N7O. The Morgan fingerprint density at radius 1 is 0.906 bits per heavy atom. The number of fused-ring (bicyclic) bond motifs is 2. The van der Waals surface area contributed by atoms with Crippen LogP contribution in [0.1, 0.15) is 0 Å². The summed E-state index contributed by atoms with van der Waals surface area (Å²) in [4.78, 5) is 20.6. The second-order valence-corrected chi connectivity index (χ2v) is 7.67. The van der Waals surface area contributed by atoms with E-state index >= 15 is 0 Å². The van der Waals surface area contributed by atoms with Crippen LogP contribution >= 0.6 is 0 Å². The van der Waals surface area contributed by atoms with Gasteiger partial charge in [-0.3, -0.25) is 9.97 Å². The highest BCUT2D eigenvalue weighted by molar-refractivity contribution is 5.80. The van der Waals surface area contributed by atoms with Crippen molar-refractivity contribution in [2.75, 3.05) is 36.5 Å². The predicted molar refractivity (Wildman–Crippen MR) is 124 cm³/mol. The van der Waals surface area contributed by atoms with Gasteiger partial charge in [0.2, 0.25) is 0 Å². The zero-order chi connectivity index (χ0) is 21.3. The molecule has 1 fully saturated rings. The Bertz CT molecular complexity index is 1390. The Morgan fingerprint density at radius 3 is 2.66 bits per heavy atom. The summed E-state index contributed by atoms with van der Waals surface area (Å²) in [7, 11) is 0. The molecule has 1 saturated heterocycles. The van der Waals surface area contributed by atoms with Gasteiger partial charge in [0.15, 0.2) is 11.5 Å². The number of rotatable bonds is 4. The first-order valence-corrected chi connectivity index (χ1v) is 10.6. The highest BCUT2D eigenvalue weighted by Gasteiger charge is 2.13. The van der Waals surface area contributed by atoms with E-state index in [1.807, 2.05) is 41.2 Å². The topological polar surface area (TPSA) is 80.5 Å². The lowest BCUT2D eigenvalue weighted by atomic mass is 10.2. The molecule has 158 valence electrons. The Balaban J connectivity index is 1.34. The van der Waals surface area contributed by atoms with Gasteiger partial charge in [-0.05, 0) is 42.5 Å². The number of anilines is 3. The van der Waals surface area contributed by atoms with Crippen LogP contribution in [0.5, 0.6) is 0 Å². The first-order valence-electron chi connectivity index (χ1n) is 10.6. The van der Waals surface area contributed by atoms with Crippen LogP contribution in [0.15, 0.2) is 73.4 Å². The fraction of sp³-hybridized carbons (Fsp3) is 0.167. The van der Waals surface area contributed by atoms with Gasteiger partial charge >= 0.3 is 0 Å². The number of benzene rings is 1. The van der Waals surface area contributed by atoms with Crippen molar-refractivity contribution in [2.45, 2.75) is 0 Å². The number of hydrogen-bond donors (Lipinski definition) is 1. The average molecular weight is 423 g/mol. The van der Waals surface area contributed by atoms with Gasteiger partial charge in [0.05, 0.1) is 29.9 Å². The molecule has 0 unspecified atom stereocenters. The van der Waals surface area contributed by atoms with Crippen LogP contribution in [0.25, 0.3) is 27.9 Å². The highest BCUT2D eigenvalue weighted by atomic mass is 16.5. The fourth-order valence-corrected chi connectivity index (χ4v) is 3.96. The number of morpholine rings is 1. The van der Waals surface area contributed by atoms with Gasteiger partial charge in [-0.2, -0.15) is 0 Å². The van der Waals surface area contributed by atoms with E-state index in [4.69, 9.17) is 9.72 Å². The minimum Gasteiger partial charge on any atom is -0.378 e. The maximum absolute atomic E-state index is 5.45. The summed E-state index contributed by atoms with van der Waals surface area (Å²) in [6.45, 7) is 3.38. The maximum Gasteiger partial charge on any atom is 0.180 e. The molecule has 0 atom stereocenters. The average Bonchev–Trinajstić information content (AvgIpc) is 3.34. The van der Waals surface area contributed by atoms with E-state index < -0.39 is 0 Å². The van der Waals surface area contributed by atoms with Crippen molar-refractivity contribution in [3.8, 4) is 11.3 Å². The normalized spacial score (nSPS) is 14.2. The van der Waals surface area contributed by atoms with Gasteiger partial charge < -0.3 is 19.4 Å². The molecular weight excluding hydrogens is 402 g/mol. The molecule has 0 saturated carbocycles. The second kappa shape index (κ2) is 7.90. The zero-order valence-electron chi connectivity index (χ0n) is 17.3. The Hall–Kier alpha value is -4.04. The van der Waals surface area contributed by atoms with E-state index in [1.54, 1.807) is 12.4 Å². The van der Waals surface area contributed by atoms with E-state index in [2.05, 4.69) is 49.4 Å². The molecule has 1 aliphatic rings. The van der Waals surface area contributed by atoms with Gasteiger partial charge in [-0.15, -0.1) is 0 Å². The standard InChI is InChI=1S/C24H21N7O/c1-2-20-21(25-7-1)14-17(15-27-20)22-16-31-9-8-26-24(31)23(29-22)28-18-3-5-19(6-4-18)30-10-12-32-13-11-30/h1-9,14-16H,10-13H2,(H,28,29). The summed E-state index contributed by atoms with van der Waals surface area (Å²) >= 11 is 0. The van der Waals surface area contributed by atoms with Crippen molar-refractivity contribution < 1.29 is 4.74 Å². The van der Waals surface area contributed by atoms with Crippen molar-refractivity contribution in [2.24, 2.45) is 0 Å². The molecule has 5 aromatic rings. The molecule has 0 radical (unpaired) electrons. The fourth-order valence-electron chi connectivity index (χ4n) is 3.96. The highest BCUT2D eigenvalue weighted by Crippen LogP contribution is 2.27. The lowest BCUT2D eigenvalue weighted by molar-refractivity contribution is 0.122. The minimum absolute atomic E-state index is 0.688. The molecule has 1 N–H and O–H groups in total. The predicted octanol–water partition coefficient (Wildman–Crippen LogP) is 3.92. The van der Waals surface area contributed by atoms with Crippen molar-refractivity contribution in [1.29, 1.82) is 0 Å². The zero-order valence-corrected chi connectivity index (χ0v) is 17.3. The number of imidazole rings is 1. The van der Waals surface area contributed by atoms with Crippen molar-refractivity contribution in [3.05, 3.63) is 73.4 Å². The Labute approximate surface area is 184 Å². The molecule has 4 aromatic heterocycles. The number of nitrogens with one attached hydrogen (secondary N) is 1. The molecule has 32 heavy (non-hydrogen) atoms. The third-order valence-corrected chi connectivity index (χ3v) is 5.63. The molecule has 0 bridgehead atoms. The van der Waals surface area contributed by atoms with E-state index in [-0.39, 0.29) is 0 Å². The number of hydrogen-bond acceptors (Lipinski definition) is 7. The third-order valence-electron chi connectivity index (χ3n) is 5.63. The SMILES string of the molecule is c1cnc2cc(-c3cn4ccnc4c(Nc4ccc(N5CCOCC5)cc4)n3)cnc2c1. The number of aromatic nitrogens is 5. The summed E-state index contributed by atoms with van der Waals surface area (Å²) < 4.78 is 7.42. The van der Waals surface area contributed by atoms with Gasteiger partial charge in [0, 0.05) is 61.0 Å². The van der Waals surface area contributed by atoms with Crippen molar-refractivity contribution in [3.63, 3.8) is 0 Å². The molecule has 1 aliphatic heterocycles. The molecule has 8 heteroatoms. The first-order chi connectivity index (χ1) is 15.8. The largest absolute Gasteiger partial charge is 0.378 e. The molecule has 0 amide bonds. The van der Waals surface area contributed by atoms with Crippen molar-refractivity contribution in [1.82, 2.24) is 24.3 Å². The van der Waals surface area contributed by atoms with Crippen LogP contribution in [-0.4, -0.2) is 50.6 Å². The van der Waals surface area contributed by atoms with E-state index in [1.165, 1.54) is 5.69 Å².